The maximum Gasteiger partial charge on any atom is 0.348 e. The number of benzene rings is 2. The van der Waals surface area contributed by atoms with E-state index < -0.39 is 5.97 Å². The molecule has 6 heteroatoms. The van der Waals surface area contributed by atoms with Crippen LogP contribution >= 0.6 is 11.3 Å². The zero-order valence-electron chi connectivity index (χ0n) is 15.4. The second-order valence-corrected chi connectivity index (χ2v) is 7.48. The lowest BCUT2D eigenvalue weighted by Gasteiger charge is -2.10. The number of carbonyl (C=O) groups is 1. The average molecular weight is 390 g/mol. The number of aromatic carboxylic acids is 1. The second kappa shape index (κ2) is 6.98. The number of carboxylic acid groups (broad SMARTS) is 1. The van der Waals surface area contributed by atoms with Crippen molar-refractivity contribution in [1.82, 2.24) is 4.98 Å². The first kappa shape index (κ1) is 18.0. The fourth-order valence-electron chi connectivity index (χ4n) is 3.15. The molecule has 28 heavy (non-hydrogen) atoms. The first-order valence-electron chi connectivity index (χ1n) is 8.65. The van der Waals surface area contributed by atoms with Gasteiger partial charge in [0, 0.05) is 10.9 Å². The summed E-state index contributed by atoms with van der Waals surface area (Å²) < 4.78 is 5.22. The minimum absolute atomic E-state index is 0.114. The molecule has 4 aromatic rings. The van der Waals surface area contributed by atoms with Crippen LogP contribution in [-0.4, -0.2) is 23.2 Å². The number of nitrogens with two attached hydrogens (primary N) is 1. The highest BCUT2D eigenvalue weighted by molar-refractivity contribution is 7.21. The van der Waals surface area contributed by atoms with Crippen LogP contribution in [0.2, 0.25) is 0 Å². The largest absolute Gasteiger partial charge is 0.497 e. The average Bonchev–Trinajstić information content (AvgIpc) is 3.05. The van der Waals surface area contributed by atoms with Crippen LogP contribution in [0.4, 0.5) is 5.69 Å². The molecule has 0 radical (unpaired) electrons. The number of aromatic nitrogens is 1. The lowest BCUT2D eigenvalue weighted by molar-refractivity contribution is 0.0703. The number of rotatable bonds is 4. The van der Waals surface area contributed by atoms with Crippen LogP contribution in [0.3, 0.4) is 0 Å². The Balaban J connectivity index is 2.00. The van der Waals surface area contributed by atoms with E-state index in [2.05, 4.69) is 0 Å². The molecule has 140 valence electrons. The van der Waals surface area contributed by atoms with Crippen molar-refractivity contribution >= 4 is 33.2 Å². The second-order valence-electron chi connectivity index (χ2n) is 6.48. The summed E-state index contributed by atoms with van der Waals surface area (Å²) in [5.74, 6) is -0.279. The predicted molar refractivity (Wildman–Crippen MR) is 113 cm³/mol. The summed E-state index contributed by atoms with van der Waals surface area (Å²) in [6.45, 7) is 2.02. The molecule has 0 aliphatic heterocycles. The van der Waals surface area contributed by atoms with E-state index in [9.17, 15) is 9.90 Å². The summed E-state index contributed by atoms with van der Waals surface area (Å²) in [6, 6.07) is 17.6. The first-order valence-corrected chi connectivity index (χ1v) is 9.47. The van der Waals surface area contributed by atoms with Gasteiger partial charge in [-0.25, -0.2) is 9.78 Å². The van der Waals surface area contributed by atoms with E-state index in [4.69, 9.17) is 15.5 Å². The van der Waals surface area contributed by atoms with Gasteiger partial charge in [-0.15, -0.1) is 11.3 Å². The van der Waals surface area contributed by atoms with Gasteiger partial charge in [0.15, 0.2) is 0 Å². The summed E-state index contributed by atoms with van der Waals surface area (Å²) in [4.78, 5) is 17.0. The third-order valence-corrected chi connectivity index (χ3v) is 5.73. The van der Waals surface area contributed by atoms with Crippen LogP contribution < -0.4 is 10.5 Å². The Morgan fingerprint density at radius 1 is 1.07 bits per heavy atom. The molecule has 0 unspecified atom stereocenters. The Morgan fingerprint density at radius 3 is 2.32 bits per heavy atom. The number of thiophene rings is 1. The number of aryl methyl sites for hydroxylation is 1. The Kier molecular flexibility index (Phi) is 4.49. The van der Waals surface area contributed by atoms with Crippen molar-refractivity contribution in [3.63, 3.8) is 0 Å². The normalized spacial score (nSPS) is 10.9. The summed E-state index contributed by atoms with van der Waals surface area (Å²) in [5, 5.41) is 10.2. The highest BCUT2D eigenvalue weighted by Gasteiger charge is 2.21. The molecule has 2 heterocycles. The summed E-state index contributed by atoms with van der Waals surface area (Å²) in [6.07, 6.45) is 0. The van der Waals surface area contributed by atoms with Gasteiger partial charge in [-0.05, 0) is 48.4 Å². The number of methoxy groups -OCH3 is 1. The quantitative estimate of drug-likeness (QED) is 0.498. The number of pyridine rings is 1. The molecule has 5 nitrogen and oxygen atoms in total. The first-order chi connectivity index (χ1) is 13.5. The van der Waals surface area contributed by atoms with Gasteiger partial charge < -0.3 is 15.6 Å². The molecule has 4 rings (SSSR count). The molecular formula is C22H18N2O3S. The monoisotopic (exact) mass is 390 g/mol. The molecule has 0 saturated heterocycles. The van der Waals surface area contributed by atoms with Crippen molar-refractivity contribution < 1.29 is 14.6 Å². The predicted octanol–water partition coefficient (Wildman–Crippen LogP) is 5.23. The van der Waals surface area contributed by atoms with Crippen LogP contribution in [0.25, 0.3) is 32.6 Å². The zero-order valence-corrected chi connectivity index (χ0v) is 16.2. The van der Waals surface area contributed by atoms with Crippen molar-refractivity contribution in [3.05, 3.63) is 65.0 Å². The Morgan fingerprint density at radius 2 is 1.71 bits per heavy atom. The van der Waals surface area contributed by atoms with E-state index in [0.29, 0.717) is 10.2 Å². The standard InChI is InChI=1S/C22H18N2O3S/c1-12-3-5-13(6-4-12)16-11-17(14-7-9-15(27-2)10-8-14)24-21-18(16)19(23)20(28-21)22(25)26/h3-11H,23H2,1-2H3,(H,25,26). The van der Waals surface area contributed by atoms with Crippen LogP contribution in [0.15, 0.2) is 54.6 Å². The number of hydrogen-bond donors (Lipinski definition) is 2. The Labute approximate surface area is 166 Å². The number of ether oxygens (including phenoxy) is 1. The topological polar surface area (TPSA) is 85.4 Å². The van der Waals surface area contributed by atoms with Crippen molar-refractivity contribution in [2.45, 2.75) is 6.92 Å². The van der Waals surface area contributed by atoms with Gasteiger partial charge >= 0.3 is 5.97 Å². The molecular weight excluding hydrogens is 372 g/mol. The van der Waals surface area contributed by atoms with E-state index >= 15 is 0 Å². The Bertz CT molecular complexity index is 1180. The van der Waals surface area contributed by atoms with E-state index in [1.807, 2.05) is 61.5 Å². The van der Waals surface area contributed by atoms with Gasteiger partial charge in [0.25, 0.3) is 0 Å². The van der Waals surface area contributed by atoms with Crippen LogP contribution in [0.5, 0.6) is 5.75 Å². The maximum absolute atomic E-state index is 11.6. The highest BCUT2D eigenvalue weighted by atomic mass is 32.1. The number of fused-ring (bicyclic) bond motifs is 1. The molecule has 3 N–H and O–H groups in total. The van der Waals surface area contributed by atoms with Gasteiger partial charge in [0.05, 0.1) is 18.5 Å². The van der Waals surface area contributed by atoms with Crippen molar-refractivity contribution in [1.29, 1.82) is 0 Å². The molecule has 0 spiro atoms. The lowest BCUT2D eigenvalue weighted by atomic mass is 9.99. The van der Waals surface area contributed by atoms with Gasteiger partial charge in [-0.3, -0.25) is 0 Å². The third kappa shape index (κ3) is 3.08. The molecule has 0 bridgehead atoms. The number of carboxylic acids is 1. The summed E-state index contributed by atoms with van der Waals surface area (Å²) in [5.41, 5.74) is 11.1. The minimum Gasteiger partial charge on any atom is -0.497 e. The maximum atomic E-state index is 11.6. The molecule has 2 aromatic carbocycles. The van der Waals surface area contributed by atoms with Crippen LogP contribution in [0, 0.1) is 6.92 Å². The Hall–Kier alpha value is -3.38. The van der Waals surface area contributed by atoms with Crippen molar-refractivity contribution in [2.24, 2.45) is 0 Å². The van der Waals surface area contributed by atoms with Gasteiger partial charge in [-0.2, -0.15) is 0 Å². The fourth-order valence-corrected chi connectivity index (χ4v) is 4.11. The molecule has 0 aliphatic carbocycles. The highest BCUT2D eigenvalue weighted by Crippen LogP contribution is 2.41. The van der Waals surface area contributed by atoms with Crippen molar-refractivity contribution in [2.75, 3.05) is 12.8 Å². The van der Waals surface area contributed by atoms with Crippen molar-refractivity contribution in [3.8, 4) is 28.1 Å². The fraction of sp³-hybridized carbons (Fsp3) is 0.0909. The summed E-state index contributed by atoms with van der Waals surface area (Å²) >= 11 is 1.10. The number of anilines is 1. The van der Waals surface area contributed by atoms with E-state index in [1.165, 1.54) is 0 Å². The summed E-state index contributed by atoms with van der Waals surface area (Å²) in [7, 11) is 1.62. The number of hydrogen-bond acceptors (Lipinski definition) is 5. The van der Waals surface area contributed by atoms with E-state index in [0.717, 1.165) is 45.0 Å². The number of nitrogens with zero attached hydrogens (tertiary/aromatic N) is 1. The minimum atomic E-state index is -1.04. The molecule has 0 saturated carbocycles. The molecule has 0 fully saturated rings. The van der Waals surface area contributed by atoms with Crippen LogP contribution in [-0.2, 0) is 0 Å². The smallest absolute Gasteiger partial charge is 0.348 e. The molecule has 0 aliphatic rings. The van der Waals surface area contributed by atoms with Crippen LogP contribution in [0.1, 0.15) is 15.2 Å². The third-order valence-electron chi connectivity index (χ3n) is 4.64. The zero-order chi connectivity index (χ0) is 19.8. The SMILES string of the molecule is COc1ccc(-c2cc(-c3ccc(C)cc3)c3c(N)c(C(=O)O)sc3n2)cc1. The van der Waals surface area contributed by atoms with Gasteiger partial charge in [-0.1, -0.05) is 29.8 Å². The number of nitrogen functional groups attached to an aromatic ring is 1. The van der Waals surface area contributed by atoms with Gasteiger partial charge in [0.2, 0.25) is 0 Å². The molecule has 0 atom stereocenters. The van der Waals surface area contributed by atoms with E-state index in [1.54, 1.807) is 7.11 Å². The molecule has 0 amide bonds. The van der Waals surface area contributed by atoms with E-state index in [-0.39, 0.29) is 10.6 Å². The lowest BCUT2D eigenvalue weighted by Crippen LogP contribution is -1.97. The van der Waals surface area contributed by atoms with Gasteiger partial charge in [0.1, 0.15) is 15.5 Å². The molecule has 2 aromatic heterocycles.